The van der Waals surface area contributed by atoms with Gasteiger partial charge in [-0.2, -0.15) is 5.10 Å². The number of carbonyl (C=O) groups is 1. The molecule has 2 heterocycles. The van der Waals surface area contributed by atoms with Crippen LogP contribution >= 0.6 is 0 Å². The van der Waals surface area contributed by atoms with Crippen LogP contribution in [0.2, 0.25) is 0 Å². The van der Waals surface area contributed by atoms with Gasteiger partial charge in [0.2, 0.25) is 0 Å². The molecule has 0 radical (unpaired) electrons. The summed E-state index contributed by atoms with van der Waals surface area (Å²) in [6.45, 7) is 7.26. The molecule has 2 amide bonds. The summed E-state index contributed by atoms with van der Waals surface area (Å²) >= 11 is 0. The van der Waals surface area contributed by atoms with E-state index >= 15 is 0 Å². The lowest BCUT2D eigenvalue weighted by atomic mass is 10.00. The molecule has 2 aromatic rings. The van der Waals surface area contributed by atoms with Crippen LogP contribution in [0.25, 0.3) is 0 Å². The van der Waals surface area contributed by atoms with E-state index in [1.54, 1.807) is 23.2 Å². The van der Waals surface area contributed by atoms with Crippen LogP contribution in [0, 0.1) is 12.7 Å². The molecule has 128 valence electrons. The molecule has 1 aliphatic rings. The first kappa shape index (κ1) is 16.5. The first-order valence-electron chi connectivity index (χ1n) is 8.37. The van der Waals surface area contributed by atoms with E-state index in [0.717, 1.165) is 28.9 Å². The fourth-order valence-corrected chi connectivity index (χ4v) is 3.05. The summed E-state index contributed by atoms with van der Waals surface area (Å²) in [6, 6.07) is 4.92. The predicted octanol–water partition coefficient (Wildman–Crippen LogP) is 3.89. The maximum absolute atomic E-state index is 13.3. The molecule has 24 heavy (non-hydrogen) atoms. The lowest BCUT2D eigenvalue weighted by molar-refractivity contribution is 0.206. The van der Waals surface area contributed by atoms with Crippen LogP contribution in [-0.2, 0) is 13.0 Å². The Morgan fingerprint density at radius 1 is 1.42 bits per heavy atom. The van der Waals surface area contributed by atoms with Crippen LogP contribution in [0.15, 0.2) is 24.4 Å². The highest BCUT2D eigenvalue weighted by Crippen LogP contribution is 2.23. The van der Waals surface area contributed by atoms with Crippen molar-refractivity contribution in [2.24, 2.45) is 0 Å². The standard InChI is InChI=1S/C18H23FN4O/c1-4-12(2)23-13(3)17(10-20-23)21-18(24)22-8-7-14-9-16(19)6-5-15(14)11-22/h5-6,9-10,12H,4,7-8,11H2,1-3H3,(H,21,24). The minimum Gasteiger partial charge on any atom is -0.320 e. The van der Waals surface area contributed by atoms with Gasteiger partial charge in [0.1, 0.15) is 5.82 Å². The van der Waals surface area contributed by atoms with E-state index < -0.39 is 0 Å². The van der Waals surface area contributed by atoms with Crippen LogP contribution in [0.4, 0.5) is 14.9 Å². The second-order valence-corrected chi connectivity index (χ2v) is 6.36. The van der Waals surface area contributed by atoms with Gasteiger partial charge in [-0.25, -0.2) is 9.18 Å². The largest absolute Gasteiger partial charge is 0.322 e. The van der Waals surface area contributed by atoms with Gasteiger partial charge in [0, 0.05) is 19.1 Å². The highest BCUT2D eigenvalue weighted by molar-refractivity contribution is 5.89. The van der Waals surface area contributed by atoms with Crippen molar-refractivity contribution < 1.29 is 9.18 Å². The fourth-order valence-electron chi connectivity index (χ4n) is 3.05. The van der Waals surface area contributed by atoms with Crippen molar-refractivity contribution in [2.75, 3.05) is 11.9 Å². The molecule has 1 aromatic heterocycles. The van der Waals surface area contributed by atoms with Crippen molar-refractivity contribution in [2.45, 2.75) is 46.2 Å². The number of anilines is 1. The molecule has 1 N–H and O–H groups in total. The molecule has 0 bridgehead atoms. The Hall–Kier alpha value is -2.37. The molecular weight excluding hydrogens is 307 g/mol. The number of aromatic nitrogens is 2. The normalized spacial score (nSPS) is 15.1. The van der Waals surface area contributed by atoms with Crippen molar-refractivity contribution in [1.29, 1.82) is 0 Å². The molecule has 1 aliphatic heterocycles. The number of fused-ring (bicyclic) bond motifs is 1. The van der Waals surface area contributed by atoms with Crippen LogP contribution in [0.3, 0.4) is 0 Å². The number of benzene rings is 1. The van der Waals surface area contributed by atoms with Crippen molar-refractivity contribution in [3.05, 3.63) is 47.0 Å². The van der Waals surface area contributed by atoms with E-state index in [1.807, 2.05) is 11.6 Å². The van der Waals surface area contributed by atoms with Gasteiger partial charge >= 0.3 is 6.03 Å². The number of nitrogens with one attached hydrogen (secondary N) is 1. The van der Waals surface area contributed by atoms with Gasteiger partial charge in [-0.05, 0) is 49.9 Å². The summed E-state index contributed by atoms with van der Waals surface area (Å²) in [7, 11) is 0. The summed E-state index contributed by atoms with van der Waals surface area (Å²) < 4.78 is 15.2. The molecule has 1 atom stereocenters. The maximum atomic E-state index is 13.3. The molecule has 0 fully saturated rings. The molecule has 1 aromatic carbocycles. The summed E-state index contributed by atoms with van der Waals surface area (Å²) in [6.07, 6.45) is 3.35. The molecule has 6 heteroatoms. The van der Waals surface area contributed by atoms with Crippen molar-refractivity contribution in [3.8, 4) is 0 Å². The van der Waals surface area contributed by atoms with Gasteiger partial charge in [-0.3, -0.25) is 4.68 Å². The number of carbonyl (C=O) groups excluding carboxylic acids is 1. The summed E-state index contributed by atoms with van der Waals surface area (Å²) in [5.74, 6) is -0.222. The van der Waals surface area contributed by atoms with Crippen LogP contribution < -0.4 is 5.32 Å². The van der Waals surface area contributed by atoms with Gasteiger partial charge in [0.25, 0.3) is 0 Å². The monoisotopic (exact) mass is 330 g/mol. The molecule has 1 unspecified atom stereocenters. The second-order valence-electron chi connectivity index (χ2n) is 6.36. The summed E-state index contributed by atoms with van der Waals surface area (Å²) in [5, 5.41) is 7.32. The Morgan fingerprint density at radius 2 is 2.21 bits per heavy atom. The highest BCUT2D eigenvalue weighted by atomic mass is 19.1. The van der Waals surface area contributed by atoms with Crippen molar-refractivity contribution in [3.63, 3.8) is 0 Å². The molecular formula is C18H23FN4O. The number of urea groups is 1. The lowest BCUT2D eigenvalue weighted by Crippen LogP contribution is -2.39. The molecule has 0 spiro atoms. The van der Waals surface area contributed by atoms with Gasteiger partial charge in [0.15, 0.2) is 0 Å². The van der Waals surface area contributed by atoms with E-state index in [-0.39, 0.29) is 11.8 Å². The zero-order valence-corrected chi connectivity index (χ0v) is 14.3. The third-order valence-corrected chi connectivity index (χ3v) is 4.76. The Kier molecular flexibility index (Phi) is 4.55. The molecule has 0 saturated carbocycles. The maximum Gasteiger partial charge on any atom is 0.322 e. The zero-order valence-electron chi connectivity index (χ0n) is 14.3. The van der Waals surface area contributed by atoms with E-state index in [1.165, 1.54) is 6.07 Å². The van der Waals surface area contributed by atoms with Crippen LogP contribution in [0.1, 0.15) is 43.1 Å². The van der Waals surface area contributed by atoms with E-state index in [2.05, 4.69) is 24.3 Å². The van der Waals surface area contributed by atoms with Gasteiger partial charge in [-0.15, -0.1) is 0 Å². The summed E-state index contributed by atoms with van der Waals surface area (Å²) in [5.41, 5.74) is 3.69. The first-order valence-corrected chi connectivity index (χ1v) is 8.37. The minimum absolute atomic E-state index is 0.142. The van der Waals surface area contributed by atoms with Crippen LogP contribution in [-0.4, -0.2) is 27.3 Å². The Labute approximate surface area is 141 Å². The Balaban J connectivity index is 1.70. The minimum atomic E-state index is -0.222. The van der Waals surface area contributed by atoms with Crippen molar-refractivity contribution in [1.82, 2.24) is 14.7 Å². The molecule has 3 rings (SSSR count). The van der Waals surface area contributed by atoms with Crippen molar-refractivity contribution >= 4 is 11.7 Å². The average Bonchev–Trinajstić information content (AvgIpc) is 2.94. The lowest BCUT2D eigenvalue weighted by Gasteiger charge is -2.29. The van der Waals surface area contributed by atoms with E-state index in [0.29, 0.717) is 25.6 Å². The predicted molar refractivity (Wildman–Crippen MR) is 91.5 cm³/mol. The molecule has 0 saturated heterocycles. The Morgan fingerprint density at radius 3 is 2.96 bits per heavy atom. The number of halogens is 1. The van der Waals surface area contributed by atoms with Gasteiger partial charge in [0.05, 0.1) is 17.6 Å². The van der Waals surface area contributed by atoms with E-state index in [9.17, 15) is 9.18 Å². The third-order valence-electron chi connectivity index (χ3n) is 4.76. The first-order chi connectivity index (χ1) is 11.5. The van der Waals surface area contributed by atoms with Gasteiger partial charge in [-0.1, -0.05) is 13.0 Å². The second kappa shape index (κ2) is 6.63. The number of nitrogens with zero attached hydrogens (tertiary/aromatic N) is 3. The van der Waals surface area contributed by atoms with Crippen LogP contribution in [0.5, 0.6) is 0 Å². The molecule has 5 nitrogen and oxygen atoms in total. The van der Waals surface area contributed by atoms with Gasteiger partial charge < -0.3 is 10.2 Å². The molecule has 0 aliphatic carbocycles. The average molecular weight is 330 g/mol. The number of hydrogen-bond acceptors (Lipinski definition) is 2. The third kappa shape index (κ3) is 3.13. The highest BCUT2D eigenvalue weighted by Gasteiger charge is 2.22. The number of hydrogen-bond donors (Lipinski definition) is 1. The van der Waals surface area contributed by atoms with E-state index in [4.69, 9.17) is 0 Å². The fraction of sp³-hybridized carbons (Fsp3) is 0.444. The topological polar surface area (TPSA) is 50.2 Å². The zero-order chi connectivity index (χ0) is 17.3. The number of rotatable bonds is 3. The smallest absolute Gasteiger partial charge is 0.320 e. The number of amides is 2. The SMILES string of the molecule is CCC(C)n1ncc(NC(=O)N2CCc3cc(F)ccc3C2)c1C. The summed E-state index contributed by atoms with van der Waals surface area (Å²) in [4.78, 5) is 14.3. The quantitative estimate of drug-likeness (QED) is 0.928. The Bertz CT molecular complexity index is 755.